The van der Waals surface area contributed by atoms with Gasteiger partial charge >= 0.3 is 5.97 Å². The summed E-state index contributed by atoms with van der Waals surface area (Å²) in [5.74, 6) is 0.656. The fraction of sp³-hybridized carbons (Fsp3) is 0.385. The van der Waals surface area contributed by atoms with Gasteiger partial charge in [-0.1, -0.05) is 12.5 Å². The molecule has 2 aliphatic heterocycles. The summed E-state index contributed by atoms with van der Waals surface area (Å²) >= 11 is 0. The lowest BCUT2D eigenvalue weighted by molar-refractivity contribution is -0.148. The summed E-state index contributed by atoms with van der Waals surface area (Å²) in [6.07, 6.45) is 4.83. The molecule has 7 nitrogen and oxygen atoms in total. The van der Waals surface area contributed by atoms with E-state index in [4.69, 9.17) is 9.47 Å². The molecule has 172 valence electrons. The Balaban J connectivity index is 1.35. The lowest BCUT2D eigenvalue weighted by Gasteiger charge is -2.33. The molecule has 1 fully saturated rings. The van der Waals surface area contributed by atoms with Crippen molar-refractivity contribution < 1.29 is 19.1 Å². The maximum Gasteiger partial charge on any atom is 0.323 e. The highest BCUT2D eigenvalue weighted by atomic mass is 16.5. The Labute approximate surface area is 193 Å². The van der Waals surface area contributed by atoms with E-state index in [1.807, 2.05) is 41.4 Å². The first kappa shape index (κ1) is 21.5. The van der Waals surface area contributed by atoms with Gasteiger partial charge in [-0.25, -0.2) is 0 Å². The maximum absolute atomic E-state index is 13.3. The lowest BCUT2D eigenvalue weighted by Crippen LogP contribution is -2.44. The Morgan fingerprint density at radius 1 is 1.12 bits per heavy atom. The summed E-state index contributed by atoms with van der Waals surface area (Å²) in [7, 11) is 1.45. The fourth-order valence-corrected chi connectivity index (χ4v) is 4.91. The topological polar surface area (TPSA) is 74.9 Å². The quantitative estimate of drug-likeness (QED) is 0.617. The molecule has 1 unspecified atom stereocenters. The second kappa shape index (κ2) is 9.27. The minimum Gasteiger partial charge on any atom is -0.491 e. The van der Waals surface area contributed by atoms with E-state index in [1.165, 1.54) is 7.11 Å². The number of aromatic amines is 1. The number of aromatic nitrogens is 1. The number of fused-ring (bicyclic) bond motifs is 2. The average molecular weight is 448 g/mol. The van der Waals surface area contributed by atoms with Crippen LogP contribution in [0.15, 0.2) is 48.7 Å². The van der Waals surface area contributed by atoms with Crippen molar-refractivity contribution in [3.8, 4) is 5.75 Å². The molecule has 33 heavy (non-hydrogen) atoms. The van der Waals surface area contributed by atoms with Crippen LogP contribution in [-0.4, -0.2) is 59.5 Å². The number of carbonyl (C=O) groups excluding carboxylic acids is 2. The van der Waals surface area contributed by atoms with Gasteiger partial charge in [0.15, 0.2) is 0 Å². The van der Waals surface area contributed by atoms with Crippen LogP contribution in [0.3, 0.4) is 0 Å². The molecule has 0 radical (unpaired) electrons. The van der Waals surface area contributed by atoms with Gasteiger partial charge in [0.25, 0.3) is 5.91 Å². The number of hydrogen-bond donors (Lipinski definition) is 1. The fourth-order valence-electron chi connectivity index (χ4n) is 4.91. The molecule has 0 bridgehead atoms. The van der Waals surface area contributed by atoms with Crippen molar-refractivity contribution in [2.24, 2.45) is 0 Å². The summed E-state index contributed by atoms with van der Waals surface area (Å²) in [6, 6.07) is 13.7. The molecule has 1 amide bonds. The first-order chi connectivity index (χ1) is 16.1. The number of H-pyrrole nitrogens is 1. The van der Waals surface area contributed by atoms with Crippen LogP contribution in [0.4, 0.5) is 0 Å². The van der Waals surface area contributed by atoms with E-state index in [1.54, 1.807) is 0 Å². The van der Waals surface area contributed by atoms with Crippen LogP contribution in [-0.2, 0) is 22.6 Å². The lowest BCUT2D eigenvalue weighted by atomic mass is 10.0. The minimum atomic E-state index is -0.194. The predicted molar refractivity (Wildman–Crippen MR) is 125 cm³/mol. The summed E-state index contributed by atoms with van der Waals surface area (Å²) in [5.41, 5.74) is 3.79. The summed E-state index contributed by atoms with van der Waals surface area (Å²) in [5, 5.41) is 1.02. The Morgan fingerprint density at radius 2 is 2.03 bits per heavy atom. The van der Waals surface area contributed by atoms with Gasteiger partial charge < -0.3 is 19.4 Å². The van der Waals surface area contributed by atoms with Gasteiger partial charge in [0.2, 0.25) is 0 Å². The number of rotatable bonds is 4. The van der Waals surface area contributed by atoms with Crippen LogP contribution in [0.25, 0.3) is 10.9 Å². The van der Waals surface area contributed by atoms with Crippen molar-refractivity contribution in [3.05, 3.63) is 65.4 Å². The molecule has 1 atom stereocenters. The molecular weight excluding hydrogens is 418 g/mol. The second-order valence-electron chi connectivity index (χ2n) is 8.80. The van der Waals surface area contributed by atoms with Crippen molar-refractivity contribution >= 4 is 22.8 Å². The number of nitrogens with one attached hydrogen (secondary N) is 1. The third kappa shape index (κ3) is 4.46. The second-order valence-corrected chi connectivity index (χ2v) is 8.80. The molecule has 7 heteroatoms. The number of likely N-dealkylation sites (tertiary alicyclic amines) is 1. The van der Waals surface area contributed by atoms with Crippen molar-refractivity contribution in [2.45, 2.75) is 38.4 Å². The number of methoxy groups -OCH3 is 1. The molecule has 5 rings (SSSR count). The van der Waals surface area contributed by atoms with Gasteiger partial charge in [0, 0.05) is 41.3 Å². The van der Waals surface area contributed by atoms with Gasteiger partial charge in [-0.2, -0.15) is 0 Å². The SMILES string of the molecule is COC(=O)C1CCCCN1Cc1ccc2c(c1)CN(C(=O)c1ccc3[nH]ccc3c1)CCO2. The predicted octanol–water partition coefficient (Wildman–Crippen LogP) is 3.73. The van der Waals surface area contributed by atoms with Gasteiger partial charge in [-0.05, 0) is 61.3 Å². The zero-order valence-electron chi connectivity index (χ0n) is 18.9. The molecule has 3 heterocycles. The Hall–Kier alpha value is -3.32. The van der Waals surface area contributed by atoms with Crippen LogP contribution in [0.2, 0.25) is 0 Å². The van der Waals surface area contributed by atoms with Crippen molar-refractivity contribution in [1.29, 1.82) is 0 Å². The highest BCUT2D eigenvalue weighted by molar-refractivity contribution is 5.98. The van der Waals surface area contributed by atoms with Crippen molar-refractivity contribution in [1.82, 2.24) is 14.8 Å². The molecule has 3 aromatic rings. The maximum atomic E-state index is 13.3. The number of amides is 1. The highest BCUT2D eigenvalue weighted by Crippen LogP contribution is 2.28. The van der Waals surface area contributed by atoms with Crippen LogP contribution >= 0.6 is 0 Å². The first-order valence-corrected chi connectivity index (χ1v) is 11.6. The van der Waals surface area contributed by atoms with E-state index >= 15 is 0 Å². The van der Waals surface area contributed by atoms with Crippen molar-refractivity contribution in [3.63, 3.8) is 0 Å². The molecule has 0 aliphatic carbocycles. The van der Waals surface area contributed by atoms with E-state index in [9.17, 15) is 9.59 Å². The van der Waals surface area contributed by atoms with Crippen LogP contribution < -0.4 is 4.74 Å². The monoisotopic (exact) mass is 447 g/mol. The van der Waals surface area contributed by atoms with Crippen molar-refractivity contribution in [2.75, 3.05) is 26.8 Å². The third-order valence-electron chi connectivity index (χ3n) is 6.66. The number of esters is 1. The number of carbonyl (C=O) groups is 2. The zero-order valence-corrected chi connectivity index (χ0v) is 18.9. The molecule has 1 aromatic heterocycles. The standard InChI is InChI=1S/C26H29N3O4/c1-32-26(31)23-4-2-3-11-28(23)16-18-5-8-24-21(14-18)17-29(12-13-33-24)25(30)20-6-7-22-19(15-20)9-10-27-22/h5-10,14-15,23,27H,2-4,11-13,16-17H2,1H3. The molecule has 0 saturated carbocycles. The van der Waals surface area contributed by atoms with E-state index in [0.29, 0.717) is 31.8 Å². The largest absolute Gasteiger partial charge is 0.491 e. The number of hydrogen-bond acceptors (Lipinski definition) is 5. The van der Waals surface area contributed by atoms with E-state index in [0.717, 1.165) is 53.6 Å². The molecule has 2 aromatic carbocycles. The normalized spacial score (nSPS) is 18.9. The van der Waals surface area contributed by atoms with Crippen LogP contribution in [0.5, 0.6) is 5.75 Å². The number of benzene rings is 2. The van der Waals surface area contributed by atoms with Gasteiger partial charge in [0.1, 0.15) is 18.4 Å². The van der Waals surface area contributed by atoms with Gasteiger partial charge in [-0.15, -0.1) is 0 Å². The number of ether oxygens (including phenoxy) is 2. The summed E-state index contributed by atoms with van der Waals surface area (Å²) in [6.45, 7) is 3.03. The van der Waals surface area contributed by atoms with Gasteiger partial charge in [-0.3, -0.25) is 14.5 Å². The molecule has 1 N–H and O–H groups in total. The number of piperidine rings is 1. The zero-order chi connectivity index (χ0) is 22.8. The Kier molecular flexibility index (Phi) is 6.05. The molecule has 2 aliphatic rings. The summed E-state index contributed by atoms with van der Waals surface area (Å²) in [4.78, 5) is 32.7. The minimum absolute atomic E-state index is 0.00161. The van der Waals surface area contributed by atoms with Crippen LogP contribution in [0, 0.1) is 0 Å². The molecule has 1 saturated heterocycles. The van der Waals surface area contributed by atoms with Gasteiger partial charge in [0.05, 0.1) is 13.7 Å². The van der Waals surface area contributed by atoms with Crippen LogP contribution in [0.1, 0.15) is 40.7 Å². The smallest absolute Gasteiger partial charge is 0.323 e. The number of nitrogens with zero attached hydrogens (tertiary/aromatic N) is 2. The summed E-state index contributed by atoms with van der Waals surface area (Å²) < 4.78 is 11.0. The molecular formula is C26H29N3O4. The molecule has 0 spiro atoms. The average Bonchev–Trinajstić information content (AvgIpc) is 3.21. The Morgan fingerprint density at radius 3 is 2.91 bits per heavy atom. The highest BCUT2D eigenvalue weighted by Gasteiger charge is 2.30. The third-order valence-corrected chi connectivity index (χ3v) is 6.66. The Bertz CT molecular complexity index is 1170. The van der Waals surface area contributed by atoms with E-state index in [-0.39, 0.29) is 17.9 Å². The van der Waals surface area contributed by atoms with E-state index < -0.39 is 0 Å². The van der Waals surface area contributed by atoms with E-state index in [2.05, 4.69) is 22.0 Å². The first-order valence-electron chi connectivity index (χ1n) is 11.6.